The van der Waals surface area contributed by atoms with Gasteiger partial charge in [-0.15, -0.1) is 0 Å². The maximum absolute atomic E-state index is 12.6. The highest BCUT2D eigenvalue weighted by molar-refractivity contribution is 6.39. The van der Waals surface area contributed by atoms with Crippen LogP contribution in [-0.4, -0.2) is 29.3 Å². The number of amides is 1. The van der Waals surface area contributed by atoms with Crippen LogP contribution in [0.3, 0.4) is 0 Å². The number of rotatable bonds is 6. The van der Waals surface area contributed by atoms with E-state index in [4.69, 9.17) is 27.9 Å². The van der Waals surface area contributed by atoms with Crippen LogP contribution in [0.25, 0.3) is 22.4 Å². The number of ether oxygens (including phenoxy) is 1. The second-order valence-corrected chi connectivity index (χ2v) is 8.02. The molecule has 2 aromatic heterocycles. The number of nitrogens with zero attached hydrogens (tertiary/aromatic N) is 2. The Labute approximate surface area is 206 Å². The Morgan fingerprint density at radius 1 is 1.03 bits per heavy atom. The Morgan fingerprint density at radius 2 is 1.82 bits per heavy atom. The zero-order chi connectivity index (χ0) is 24.2. The molecule has 8 heteroatoms. The third-order valence-corrected chi connectivity index (χ3v) is 5.91. The Kier molecular flexibility index (Phi) is 6.91. The number of nitrogens with one attached hydrogen (secondary N) is 1. The number of anilines is 1. The van der Waals surface area contributed by atoms with E-state index in [1.165, 1.54) is 13.3 Å². The van der Waals surface area contributed by atoms with Crippen LogP contribution < -0.4 is 10.1 Å². The van der Waals surface area contributed by atoms with Crippen LogP contribution in [0, 0.1) is 6.92 Å². The maximum atomic E-state index is 12.6. The summed E-state index contributed by atoms with van der Waals surface area (Å²) in [5, 5.41) is 3.47. The van der Waals surface area contributed by atoms with Gasteiger partial charge in [0.25, 0.3) is 5.91 Å². The lowest BCUT2D eigenvalue weighted by molar-refractivity contribution is 0.102. The molecular formula is C26H18Cl2N3O3. The van der Waals surface area contributed by atoms with Gasteiger partial charge in [-0.25, -0.2) is 0 Å². The van der Waals surface area contributed by atoms with E-state index < -0.39 is 5.91 Å². The summed E-state index contributed by atoms with van der Waals surface area (Å²) in [6.45, 7) is 3.76. The molecule has 6 nitrogen and oxygen atoms in total. The van der Waals surface area contributed by atoms with E-state index in [9.17, 15) is 9.59 Å². The van der Waals surface area contributed by atoms with Gasteiger partial charge in [0.15, 0.2) is 6.29 Å². The average Bonchev–Trinajstić information content (AvgIpc) is 2.85. The molecule has 2 heterocycles. The normalized spacial score (nSPS) is 10.6. The van der Waals surface area contributed by atoms with Crippen molar-refractivity contribution in [3.05, 3.63) is 101 Å². The highest BCUT2D eigenvalue weighted by Gasteiger charge is 2.18. The van der Waals surface area contributed by atoms with Crippen LogP contribution in [0.4, 0.5) is 5.69 Å². The number of hydrogen-bond acceptors (Lipinski definition) is 5. The lowest BCUT2D eigenvalue weighted by Gasteiger charge is -2.14. The third-order valence-electron chi connectivity index (χ3n) is 5.12. The minimum Gasteiger partial charge on any atom is -0.496 e. The molecule has 2 aromatic carbocycles. The van der Waals surface area contributed by atoms with Crippen LogP contribution >= 0.6 is 23.2 Å². The van der Waals surface area contributed by atoms with Crippen molar-refractivity contribution in [2.24, 2.45) is 0 Å². The summed E-state index contributed by atoms with van der Waals surface area (Å²) in [4.78, 5) is 32.3. The maximum Gasteiger partial charge on any atom is 0.274 e. The Balaban J connectivity index is 1.71. The third kappa shape index (κ3) is 4.64. The van der Waals surface area contributed by atoms with Gasteiger partial charge in [0.05, 0.1) is 34.1 Å². The van der Waals surface area contributed by atoms with Gasteiger partial charge in [-0.1, -0.05) is 47.5 Å². The van der Waals surface area contributed by atoms with E-state index in [1.54, 1.807) is 60.8 Å². The fraction of sp³-hybridized carbons (Fsp3) is 0.0385. The van der Waals surface area contributed by atoms with Gasteiger partial charge < -0.3 is 10.1 Å². The van der Waals surface area contributed by atoms with Crippen molar-refractivity contribution < 1.29 is 14.3 Å². The van der Waals surface area contributed by atoms with Crippen molar-refractivity contribution in [1.82, 2.24) is 9.97 Å². The van der Waals surface area contributed by atoms with Gasteiger partial charge in [0.2, 0.25) is 0 Å². The van der Waals surface area contributed by atoms with Crippen LogP contribution in [0.2, 0.25) is 10.0 Å². The number of carbonyl (C=O) groups is 2. The summed E-state index contributed by atoms with van der Waals surface area (Å²) in [7, 11) is 1.49. The first-order chi connectivity index (χ1) is 16.4. The molecule has 169 valence electrons. The molecule has 0 aliphatic rings. The van der Waals surface area contributed by atoms with Gasteiger partial charge in [-0.05, 0) is 42.8 Å². The molecule has 0 aliphatic heterocycles. The van der Waals surface area contributed by atoms with Crippen molar-refractivity contribution in [1.29, 1.82) is 0 Å². The first-order valence-electron chi connectivity index (χ1n) is 10.1. The van der Waals surface area contributed by atoms with Crippen molar-refractivity contribution in [3.8, 4) is 28.1 Å². The SMILES string of the molecule is [CH2]c1ccc(C(=O)Nc2cccc(-c3ccnc(-c4ccc(C=O)c(OC)c4)c3Cl)c2Cl)nc1. The van der Waals surface area contributed by atoms with Crippen LogP contribution in [0.1, 0.15) is 26.4 Å². The number of aromatic nitrogens is 2. The first-order valence-corrected chi connectivity index (χ1v) is 10.8. The molecule has 0 spiro atoms. The van der Waals surface area contributed by atoms with Gasteiger partial charge >= 0.3 is 0 Å². The quantitative estimate of drug-likeness (QED) is 0.317. The Bertz CT molecular complexity index is 1390. The highest BCUT2D eigenvalue weighted by atomic mass is 35.5. The number of benzene rings is 2. The van der Waals surface area contributed by atoms with Crippen LogP contribution in [0.15, 0.2) is 67.0 Å². The second-order valence-electron chi connectivity index (χ2n) is 7.27. The van der Waals surface area contributed by atoms with Gasteiger partial charge in [0.1, 0.15) is 11.4 Å². The molecule has 0 fully saturated rings. The zero-order valence-corrected chi connectivity index (χ0v) is 19.5. The first kappa shape index (κ1) is 23.4. The molecule has 0 unspecified atom stereocenters. The minimum absolute atomic E-state index is 0.241. The van der Waals surface area contributed by atoms with E-state index in [0.717, 1.165) is 6.29 Å². The fourth-order valence-electron chi connectivity index (χ4n) is 3.39. The summed E-state index contributed by atoms with van der Waals surface area (Å²) < 4.78 is 5.30. The van der Waals surface area contributed by atoms with Crippen molar-refractivity contribution in [3.63, 3.8) is 0 Å². The molecule has 34 heavy (non-hydrogen) atoms. The largest absolute Gasteiger partial charge is 0.496 e. The summed E-state index contributed by atoms with van der Waals surface area (Å²) in [6.07, 6.45) is 3.85. The van der Waals surface area contributed by atoms with Crippen molar-refractivity contribution in [2.45, 2.75) is 0 Å². The molecule has 1 radical (unpaired) electrons. The predicted molar refractivity (Wildman–Crippen MR) is 134 cm³/mol. The molecule has 0 saturated heterocycles. The molecule has 1 N–H and O–H groups in total. The number of hydrogen-bond donors (Lipinski definition) is 1. The molecular weight excluding hydrogens is 473 g/mol. The van der Waals surface area contributed by atoms with E-state index in [-0.39, 0.29) is 5.69 Å². The van der Waals surface area contributed by atoms with Crippen LogP contribution in [-0.2, 0) is 0 Å². The van der Waals surface area contributed by atoms with Gasteiger partial charge in [-0.3, -0.25) is 19.6 Å². The second kappa shape index (κ2) is 10.0. The van der Waals surface area contributed by atoms with E-state index >= 15 is 0 Å². The van der Waals surface area contributed by atoms with E-state index in [1.807, 2.05) is 0 Å². The summed E-state index contributed by atoms with van der Waals surface area (Å²) in [5.74, 6) is 0.0157. The summed E-state index contributed by atoms with van der Waals surface area (Å²) in [6, 6.07) is 15.4. The number of carbonyl (C=O) groups excluding carboxylic acids is 2. The Morgan fingerprint density at radius 3 is 2.53 bits per heavy atom. The Hall–Kier alpha value is -3.74. The smallest absolute Gasteiger partial charge is 0.274 e. The standard InChI is InChI=1S/C26H18Cl2N3O3/c1-15-6-9-21(30-13-15)26(33)31-20-5-3-4-18(23(20)27)19-10-11-29-25(24(19)28)16-7-8-17(14-32)22(12-16)34-2/h3-14H,1H2,2H3,(H,31,33). The molecule has 0 atom stereocenters. The summed E-state index contributed by atoms with van der Waals surface area (Å²) >= 11 is 13.4. The monoisotopic (exact) mass is 490 g/mol. The van der Waals surface area contributed by atoms with Crippen molar-refractivity contribution in [2.75, 3.05) is 12.4 Å². The minimum atomic E-state index is -0.400. The van der Waals surface area contributed by atoms with Gasteiger partial charge in [0, 0.05) is 29.1 Å². The lowest BCUT2D eigenvalue weighted by Crippen LogP contribution is -2.14. The summed E-state index contributed by atoms with van der Waals surface area (Å²) in [5.41, 5.74) is 4.20. The van der Waals surface area contributed by atoms with Crippen LogP contribution in [0.5, 0.6) is 5.75 Å². The fourth-order valence-corrected chi connectivity index (χ4v) is 3.99. The molecule has 4 rings (SSSR count). The van der Waals surface area contributed by atoms with E-state index in [2.05, 4.69) is 22.2 Å². The topological polar surface area (TPSA) is 81.2 Å². The average molecular weight is 491 g/mol. The van der Waals surface area contributed by atoms with Crippen molar-refractivity contribution >= 4 is 41.1 Å². The lowest BCUT2D eigenvalue weighted by atomic mass is 10.0. The molecule has 4 aromatic rings. The molecule has 0 aliphatic carbocycles. The number of aldehydes is 1. The molecule has 0 saturated carbocycles. The highest BCUT2D eigenvalue weighted by Crippen LogP contribution is 2.41. The molecule has 1 amide bonds. The zero-order valence-electron chi connectivity index (χ0n) is 18.0. The number of halogens is 2. The predicted octanol–water partition coefficient (Wildman–Crippen LogP) is 6.37. The van der Waals surface area contributed by atoms with Gasteiger partial charge in [-0.2, -0.15) is 0 Å². The number of pyridine rings is 2. The van der Waals surface area contributed by atoms with E-state index in [0.29, 0.717) is 55.0 Å². The molecule has 0 bridgehead atoms. The number of methoxy groups -OCH3 is 1.